The summed E-state index contributed by atoms with van der Waals surface area (Å²) >= 11 is 0. The minimum Gasteiger partial charge on any atom is -0.489 e. The summed E-state index contributed by atoms with van der Waals surface area (Å²) < 4.78 is 92.1. The van der Waals surface area contributed by atoms with E-state index in [0.717, 1.165) is 11.0 Å². The van der Waals surface area contributed by atoms with Crippen LogP contribution in [0.15, 0.2) is 54.7 Å². The highest BCUT2D eigenvalue weighted by Crippen LogP contribution is 2.50. The molecular formula is C33H33F6N3O6. The zero-order chi connectivity index (χ0) is 35.8. The summed E-state index contributed by atoms with van der Waals surface area (Å²) in [6, 6.07) is 8.49. The largest absolute Gasteiger partial charge is 0.489 e. The molecule has 0 radical (unpaired) electrons. The van der Waals surface area contributed by atoms with Crippen LogP contribution in [-0.2, 0) is 22.4 Å². The van der Waals surface area contributed by atoms with E-state index in [0.29, 0.717) is 29.9 Å². The van der Waals surface area contributed by atoms with Crippen LogP contribution >= 0.6 is 0 Å². The molecule has 48 heavy (non-hydrogen) atoms. The van der Waals surface area contributed by atoms with Crippen molar-refractivity contribution >= 4 is 17.7 Å². The molecule has 0 aliphatic carbocycles. The van der Waals surface area contributed by atoms with Crippen molar-refractivity contribution in [3.63, 3.8) is 0 Å². The predicted octanol–water partition coefficient (Wildman–Crippen LogP) is 6.88. The Labute approximate surface area is 271 Å². The average Bonchev–Trinajstić information content (AvgIpc) is 3.20. The van der Waals surface area contributed by atoms with Crippen LogP contribution in [0, 0.1) is 6.92 Å². The summed E-state index contributed by atoms with van der Waals surface area (Å²) in [5, 5.41) is 12.4. The molecule has 258 valence electrons. The first kappa shape index (κ1) is 36.2. The number of benzene rings is 2. The molecule has 2 N–H and O–H groups in total. The number of Topliss-reactive ketones (excluding diaryl/α,β-unsaturated/α-hetero) is 1. The Morgan fingerprint density at radius 2 is 1.65 bits per heavy atom. The number of nitrogens with one attached hydrogen (secondary N) is 1. The lowest BCUT2D eigenvalue weighted by molar-refractivity contribution is -0.376. The maximum Gasteiger partial charge on any atom is 0.430 e. The first-order chi connectivity index (χ1) is 22.2. The number of aromatic nitrogens is 1. The minimum absolute atomic E-state index is 0.0158. The van der Waals surface area contributed by atoms with Crippen LogP contribution in [0.4, 0.5) is 31.1 Å². The molecule has 1 aliphatic heterocycles. The Morgan fingerprint density at radius 1 is 1.00 bits per heavy atom. The summed E-state index contributed by atoms with van der Waals surface area (Å²) in [7, 11) is 0. The summed E-state index contributed by atoms with van der Waals surface area (Å²) in [6.07, 6.45) is -10.4. The standard InChI is InChI=1S/C33H33F6N3O6/c1-6-7-20-15-21(31(46,32(34,35)36)33(37,38)39)8-12-26(20)48-22-9-11-24(19(4)14-22)25(43)17-42-28(44)30(5,41-29(42)45)27-13-10-23(16-40-27)47-18(2)3/h8-16,18,46H,6-7,17H2,1-5H3,(H,41,45). The molecular weight excluding hydrogens is 648 g/mol. The van der Waals surface area contributed by atoms with Gasteiger partial charge in [-0.1, -0.05) is 19.4 Å². The fourth-order valence-electron chi connectivity index (χ4n) is 5.26. The summed E-state index contributed by atoms with van der Waals surface area (Å²) in [5.74, 6) is -0.762. The molecule has 1 saturated heterocycles. The van der Waals surface area contributed by atoms with E-state index in [1.165, 1.54) is 37.4 Å². The van der Waals surface area contributed by atoms with Crippen molar-refractivity contribution in [1.82, 2.24) is 15.2 Å². The molecule has 3 aromatic rings. The topological polar surface area (TPSA) is 118 Å². The lowest BCUT2D eigenvalue weighted by Gasteiger charge is -2.33. The minimum atomic E-state index is -6.04. The number of ether oxygens (including phenoxy) is 2. The lowest BCUT2D eigenvalue weighted by Crippen LogP contribution is -2.53. The molecule has 0 spiro atoms. The number of pyridine rings is 1. The van der Waals surface area contributed by atoms with E-state index >= 15 is 0 Å². The van der Waals surface area contributed by atoms with Gasteiger partial charge < -0.3 is 19.9 Å². The number of urea groups is 1. The second kappa shape index (κ2) is 13.1. The van der Waals surface area contributed by atoms with Crippen molar-refractivity contribution in [2.45, 2.75) is 77.1 Å². The molecule has 15 heteroatoms. The van der Waals surface area contributed by atoms with Crippen LogP contribution in [-0.4, -0.2) is 57.7 Å². The highest BCUT2D eigenvalue weighted by molar-refractivity contribution is 6.11. The Balaban J connectivity index is 1.53. The zero-order valence-corrected chi connectivity index (χ0v) is 26.5. The third-order valence-corrected chi connectivity index (χ3v) is 7.74. The van der Waals surface area contributed by atoms with Crippen molar-refractivity contribution in [2.75, 3.05) is 6.54 Å². The number of hydrogen-bond donors (Lipinski definition) is 2. The lowest BCUT2D eigenvalue weighted by atomic mass is 9.90. The number of halogens is 6. The number of rotatable bonds is 11. The molecule has 4 rings (SSSR count). The average molecular weight is 682 g/mol. The number of aliphatic hydroxyl groups is 1. The number of carbonyl (C=O) groups excluding carboxylic acids is 3. The number of ketones is 1. The Bertz CT molecular complexity index is 1690. The van der Waals surface area contributed by atoms with Crippen molar-refractivity contribution < 1.29 is 55.3 Å². The number of aryl methyl sites for hydroxylation is 2. The number of carbonyl (C=O) groups is 3. The van der Waals surface area contributed by atoms with Gasteiger partial charge in [-0.05, 0) is 87.7 Å². The zero-order valence-electron chi connectivity index (χ0n) is 26.5. The Morgan fingerprint density at radius 3 is 2.19 bits per heavy atom. The molecule has 3 amide bonds. The molecule has 1 unspecified atom stereocenters. The number of nitrogens with zero attached hydrogens (tertiary/aromatic N) is 2. The smallest absolute Gasteiger partial charge is 0.430 e. The van der Waals surface area contributed by atoms with E-state index < -0.39 is 53.3 Å². The number of alkyl halides is 6. The van der Waals surface area contributed by atoms with Crippen LogP contribution in [0.5, 0.6) is 17.2 Å². The normalized spacial score (nSPS) is 17.1. The number of amides is 3. The molecule has 2 aromatic carbocycles. The van der Waals surface area contributed by atoms with Crippen molar-refractivity contribution in [3.05, 3.63) is 82.7 Å². The van der Waals surface area contributed by atoms with E-state index in [1.807, 2.05) is 13.8 Å². The Hall–Kier alpha value is -4.66. The maximum absolute atomic E-state index is 13.5. The number of imide groups is 1. The van der Waals surface area contributed by atoms with Gasteiger partial charge in [0.25, 0.3) is 11.5 Å². The van der Waals surface area contributed by atoms with E-state index in [2.05, 4.69) is 10.3 Å². The third kappa shape index (κ3) is 6.82. The van der Waals surface area contributed by atoms with E-state index in [1.54, 1.807) is 19.9 Å². The Kier molecular flexibility index (Phi) is 9.87. The molecule has 1 aliphatic rings. The van der Waals surface area contributed by atoms with Crippen LogP contribution in [0.25, 0.3) is 0 Å². The van der Waals surface area contributed by atoms with E-state index in [9.17, 15) is 45.8 Å². The van der Waals surface area contributed by atoms with Crippen molar-refractivity contribution in [2.24, 2.45) is 0 Å². The molecule has 1 atom stereocenters. The first-order valence-corrected chi connectivity index (χ1v) is 14.8. The summed E-state index contributed by atoms with van der Waals surface area (Å²) in [6.45, 7) is 7.74. The quantitative estimate of drug-likeness (QED) is 0.129. The second-order valence-corrected chi connectivity index (χ2v) is 11.8. The molecule has 1 fully saturated rings. The van der Waals surface area contributed by atoms with Gasteiger partial charge in [0.15, 0.2) is 11.3 Å². The van der Waals surface area contributed by atoms with Gasteiger partial charge in [0.05, 0.1) is 24.5 Å². The van der Waals surface area contributed by atoms with Gasteiger partial charge in [-0.2, -0.15) is 26.3 Å². The van der Waals surface area contributed by atoms with Gasteiger partial charge in [0.1, 0.15) is 17.2 Å². The predicted molar refractivity (Wildman–Crippen MR) is 160 cm³/mol. The van der Waals surface area contributed by atoms with E-state index in [4.69, 9.17) is 9.47 Å². The highest BCUT2D eigenvalue weighted by Gasteiger charge is 2.71. The van der Waals surface area contributed by atoms with Gasteiger partial charge in [0, 0.05) is 11.1 Å². The van der Waals surface area contributed by atoms with Crippen LogP contribution in [0.3, 0.4) is 0 Å². The van der Waals surface area contributed by atoms with Crippen molar-refractivity contribution in [3.8, 4) is 17.2 Å². The molecule has 0 bridgehead atoms. The summed E-state index contributed by atoms with van der Waals surface area (Å²) in [4.78, 5) is 44.4. The van der Waals surface area contributed by atoms with Crippen LogP contribution < -0.4 is 14.8 Å². The van der Waals surface area contributed by atoms with Gasteiger partial charge in [-0.15, -0.1) is 0 Å². The molecule has 1 aromatic heterocycles. The molecule has 0 saturated carbocycles. The monoisotopic (exact) mass is 681 g/mol. The fourth-order valence-corrected chi connectivity index (χ4v) is 5.26. The summed E-state index contributed by atoms with van der Waals surface area (Å²) in [5.41, 5.74) is -7.32. The molecule has 9 nitrogen and oxygen atoms in total. The number of hydrogen-bond acceptors (Lipinski definition) is 7. The van der Waals surface area contributed by atoms with Crippen LogP contribution in [0.2, 0.25) is 0 Å². The maximum atomic E-state index is 13.5. The van der Waals surface area contributed by atoms with Gasteiger partial charge >= 0.3 is 18.4 Å². The van der Waals surface area contributed by atoms with Gasteiger partial charge in [0.2, 0.25) is 0 Å². The van der Waals surface area contributed by atoms with Gasteiger partial charge in [-0.25, -0.2) is 4.79 Å². The highest BCUT2D eigenvalue weighted by atomic mass is 19.4. The van der Waals surface area contributed by atoms with Gasteiger partial charge in [-0.3, -0.25) is 19.5 Å². The van der Waals surface area contributed by atoms with Crippen molar-refractivity contribution in [1.29, 1.82) is 0 Å². The van der Waals surface area contributed by atoms with Crippen LogP contribution in [0.1, 0.15) is 66.9 Å². The van der Waals surface area contributed by atoms with E-state index in [-0.39, 0.29) is 40.8 Å². The fraction of sp³-hybridized carbons (Fsp3) is 0.394. The molecule has 2 heterocycles. The SMILES string of the molecule is CCCc1cc(C(O)(C(F)(F)F)C(F)(F)F)ccc1Oc1ccc(C(=O)CN2C(=O)NC(C)(c3ccc(OC(C)C)cn3)C2=O)c(C)c1. The second-order valence-electron chi connectivity index (χ2n) is 11.8. The third-order valence-electron chi connectivity index (χ3n) is 7.74. The first-order valence-electron chi connectivity index (χ1n) is 14.8.